The van der Waals surface area contributed by atoms with E-state index in [2.05, 4.69) is 16.0 Å². The number of aryl methyl sites for hydroxylation is 1. The SMILES string of the molecule is CC[C@H](C)[C@@H]([C@@H](CC(=O)N1CCC[C@H]1[C@H](OC)[C@@H](C)C(=O)NCC(=O)O)OC)N(C)C(=O)CNC(=O)C(C)(C)N(C)C(=O)CCOCCOCCC(=O)Nc1ccc(CCC(=O)N2CCC2=O)cc1. The number of aliphatic carboxylic acids is 1. The first-order valence-electron chi connectivity index (χ1n) is 23.7. The lowest BCUT2D eigenvalue weighted by Gasteiger charge is -2.39. The Morgan fingerprint density at radius 1 is 0.841 bits per heavy atom. The predicted molar refractivity (Wildman–Crippen MR) is 252 cm³/mol. The quantitative estimate of drug-likeness (QED) is 0.0631. The molecule has 3 rings (SSSR count). The van der Waals surface area contributed by atoms with Crippen LogP contribution in [0, 0.1) is 11.8 Å². The van der Waals surface area contributed by atoms with Gasteiger partial charge in [-0.05, 0) is 56.7 Å². The van der Waals surface area contributed by atoms with Gasteiger partial charge in [-0.3, -0.25) is 48.1 Å². The number of rotatable bonds is 30. The van der Waals surface area contributed by atoms with Crippen molar-refractivity contribution in [2.45, 2.75) is 122 Å². The van der Waals surface area contributed by atoms with E-state index in [1.54, 1.807) is 44.9 Å². The zero-order valence-corrected chi connectivity index (χ0v) is 41.8. The van der Waals surface area contributed by atoms with Crippen molar-refractivity contribution in [3.8, 4) is 0 Å². The number of likely N-dealkylation sites (N-methyl/N-ethyl adjacent to an activating group) is 2. The van der Waals surface area contributed by atoms with Gasteiger partial charge in [0.1, 0.15) is 12.1 Å². The molecule has 2 heterocycles. The van der Waals surface area contributed by atoms with Crippen molar-refractivity contribution in [1.82, 2.24) is 30.2 Å². The first-order chi connectivity index (χ1) is 32.7. The van der Waals surface area contributed by atoms with Gasteiger partial charge in [0.15, 0.2) is 0 Å². The normalized spacial score (nSPS) is 16.9. The average molecular weight is 974 g/mol. The highest BCUT2D eigenvalue weighted by Crippen LogP contribution is 2.29. The highest BCUT2D eigenvalue weighted by Gasteiger charge is 2.42. The standard InChI is InChI=1S/C48H75N7O14/c1-10-31(2)44(36(66-8)28-41(60)54-22-11-12-35(54)45(67-9)32(3)46(64)49-30-43(62)63)52(6)42(61)29-50-47(65)48(4,5)53(7)38(57)21-25-69-27-26-68-24-20-37(56)51-34-16-13-33(14-17-34)15-18-39(58)55-23-19-40(55)59/h13-14,16-17,31-32,35-36,44-45H,10-12,15,18-30H2,1-9H3,(H,49,64)(H,50,65)(H,51,56)(H,62,63)/t31-,32+,35-,36+,44-,45+/m0/s1. The second-order valence-electron chi connectivity index (χ2n) is 18.1. The Morgan fingerprint density at radius 3 is 2.06 bits per heavy atom. The molecule has 0 saturated carbocycles. The van der Waals surface area contributed by atoms with Crippen molar-refractivity contribution in [3.05, 3.63) is 29.8 Å². The van der Waals surface area contributed by atoms with Crippen LogP contribution in [0.2, 0.25) is 0 Å². The van der Waals surface area contributed by atoms with E-state index in [0.717, 1.165) is 5.56 Å². The lowest BCUT2D eigenvalue weighted by molar-refractivity contribution is -0.152. The van der Waals surface area contributed by atoms with Crippen LogP contribution in [0.3, 0.4) is 0 Å². The average Bonchev–Trinajstić information content (AvgIpc) is 3.81. The first-order valence-corrected chi connectivity index (χ1v) is 23.7. The maximum atomic E-state index is 13.9. The molecule has 2 aliphatic rings. The lowest BCUT2D eigenvalue weighted by Crippen LogP contribution is -2.58. The molecule has 69 heavy (non-hydrogen) atoms. The van der Waals surface area contributed by atoms with Crippen molar-refractivity contribution in [2.75, 3.05) is 86.2 Å². The van der Waals surface area contributed by atoms with Crippen LogP contribution in [0.4, 0.5) is 5.69 Å². The Labute approximate surface area is 405 Å². The Hall–Kier alpha value is -5.51. The molecule has 6 atom stereocenters. The van der Waals surface area contributed by atoms with E-state index in [1.165, 1.54) is 36.0 Å². The monoisotopic (exact) mass is 974 g/mol. The number of hydrogen-bond donors (Lipinski definition) is 4. The van der Waals surface area contributed by atoms with E-state index in [-0.39, 0.29) is 94.1 Å². The second-order valence-corrected chi connectivity index (χ2v) is 18.1. The minimum absolute atomic E-state index is 0.0241. The minimum atomic E-state index is -1.34. The first kappa shape index (κ1) is 57.8. The molecule has 0 bridgehead atoms. The van der Waals surface area contributed by atoms with Crippen LogP contribution in [0.25, 0.3) is 0 Å². The number of amides is 8. The van der Waals surface area contributed by atoms with Gasteiger partial charge in [0.05, 0.1) is 82.4 Å². The molecule has 386 valence electrons. The van der Waals surface area contributed by atoms with E-state index in [4.69, 9.17) is 24.1 Å². The number of ether oxygens (including phenoxy) is 4. The summed E-state index contributed by atoms with van der Waals surface area (Å²) < 4.78 is 22.7. The van der Waals surface area contributed by atoms with Gasteiger partial charge in [-0.15, -0.1) is 0 Å². The largest absolute Gasteiger partial charge is 0.480 e. The number of anilines is 1. The summed E-state index contributed by atoms with van der Waals surface area (Å²) in [5.74, 6) is -4.70. The Morgan fingerprint density at radius 2 is 1.49 bits per heavy atom. The van der Waals surface area contributed by atoms with Gasteiger partial charge in [0.25, 0.3) is 0 Å². The third kappa shape index (κ3) is 17.1. The Balaban J connectivity index is 1.40. The molecule has 2 fully saturated rings. The molecule has 2 saturated heterocycles. The number of carbonyl (C=O) groups is 9. The number of nitrogens with zero attached hydrogens (tertiary/aromatic N) is 4. The molecule has 1 aromatic rings. The summed E-state index contributed by atoms with van der Waals surface area (Å²) in [6.45, 7) is 9.23. The fourth-order valence-corrected chi connectivity index (χ4v) is 8.37. The number of hydrogen-bond acceptors (Lipinski definition) is 13. The number of likely N-dealkylation sites (tertiary alicyclic amines) is 2. The summed E-state index contributed by atoms with van der Waals surface area (Å²) in [6, 6.07) is 6.14. The molecule has 4 N–H and O–H groups in total. The van der Waals surface area contributed by atoms with E-state index in [1.807, 2.05) is 26.0 Å². The number of imide groups is 1. The van der Waals surface area contributed by atoms with Crippen LogP contribution >= 0.6 is 0 Å². The third-order valence-electron chi connectivity index (χ3n) is 13.2. The second kappa shape index (κ2) is 28.2. The summed E-state index contributed by atoms with van der Waals surface area (Å²) in [5, 5.41) is 16.8. The van der Waals surface area contributed by atoms with E-state index in [0.29, 0.717) is 50.9 Å². The van der Waals surface area contributed by atoms with Crippen molar-refractivity contribution in [3.63, 3.8) is 0 Å². The van der Waals surface area contributed by atoms with Crippen LogP contribution < -0.4 is 16.0 Å². The molecule has 21 heteroatoms. The number of carboxylic acid groups (broad SMARTS) is 1. The van der Waals surface area contributed by atoms with Gasteiger partial charge in [0, 0.05) is 59.9 Å². The van der Waals surface area contributed by atoms with Gasteiger partial charge in [-0.2, -0.15) is 0 Å². The molecular formula is C48H75N7O14. The topological polar surface area (TPSA) is 260 Å². The van der Waals surface area contributed by atoms with Gasteiger partial charge >= 0.3 is 5.97 Å². The maximum Gasteiger partial charge on any atom is 0.322 e. The number of benzene rings is 1. The predicted octanol–water partition coefficient (Wildman–Crippen LogP) is 1.60. The smallest absolute Gasteiger partial charge is 0.322 e. The van der Waals surface area contributed by atoms with Crippen LogP contribution in [-0.4, -0.2) is 189 Å². The molecule has 8 amide bonds. The zero-order chi connectivity index (χ0) is 51.4. The number of carboxylic acids is 1. The molecule has 0 unspecified atom stereocenters. The fraction of sp³-hybridized carbons (Fsp3) is 0.688. The van der Waals surface area contributed by atoms with Gasteiger partial charge < -0.3 is 54.7 Å². The van der Waals surface area contributed by atoms with Gasteiger partial charge in [0.2, 0.25) is 47.3 Å². The number of methoxy groups -OCH3 is 2. The summed E-state index contributed by atoms with van der Waals surface area (Å²) >= 11 is 0. The summed E-state index contributed by atoms with van der Waals surface area (Å²) in [7, 11) is 6.01. The zero-order valence-electron chi connectivity index (χ0n) is 41.8. The van der Waals surface area contributed by atoms with Crippen LogP contribution in [0.1, 0.15) is 91.5 Å². The number of carbonyl (C=O) groups excluding carboxylic acids is 8. The summed E-state index contributed by atoms with van der Waals surface area (Å²) in [5.41, 5.74) is 0.181. The fourth-order valence-electron chi connectivity index (χ4n) is 8.37. The molecular weight excluding hydrogens is 899 g/mol. The van der Waals surface area contributed by atoms with Crippen molar-refractivity contribution >= 4 is 58.9 Å². The van der Waals surface area contributed by atoms with E-state index < -0.39 is 66.0 Å². The van der Waals surface area contributed by atoms with Crippen LogP contribution in [0.15, 0.2) is 24.3 Å². The molecule has 1 aromatic carbocycles. The van der Waals surface area contributed by atoms with Crippen molar-refractivity contribution in [1.29, 1.82) is 0 Å². The highest BCUT2D eigenvalue weighted by molar-refractivity contribution is 5.99. The molecule has 0 aromatic heterocycles. The summed E-state index contributed by atoms with van der Waals surface area (Å²) in [6.07, 6.45) is 1.64. The van der Waals surface area contributed by atoms with Gasteiger partial charge in [-0.25, -0.2) is 0 Å². The van der Waals surface area contributed by atoms with E-state index in [9.17, 15) is 43.2 Å². The minimum Gasteiger partial charge on any atom is -0.480 e. The molecule has 21 nitrogen and oxygen atoms in total. The molecule has 0 radical (unpaired) electrons. The molecule has 0 spiro atoms. The Bertz CT molecular complexity index is 1930. The van der Waals surface area contributed by atoms with Crippen molar-refractivity contribution < 1.29 is 67.2 Å². The molecule has 2 aliphatic heterocycles. The third-order valence-corrected chi connectivity index (χ3v) is 13.2. The number of β-lactam (4-membered cyclic amide) rings is 1. The Kier molecular flexibility index (Phi) is 23.6. The molecule has 0 aliphatic carbocycles. The maximum absolute atomic E-state index is 13.9. The van der Waals surface area contributed by atoms with Crippen molar-refractivity contribution in [2.24, 2.45) is 11.8 Å². The van der Waals surface area contributed by atoms with Gasteiger partial charge in [-0.1, -0.05) is 39.3 Å². The highest BCUT2D eigenvalue weighted by atomic mass is 16.5. The summed E-state index contributed by atoms with van der Waals surface area (Å²) in [4.78, 5) is 120. The van der Waals surface area contributed by atoms with E-state index >= 15 is 0 Å². The van der Waals surface area contributed by atoms with Crippen LogP contribution in [-0.2, 0) is 68.5 Å². The number of nitrogens with one attached hydrogen (secondary N) is 3. The van der Waals surface area contributed by atoms with Crippen LogP contribution in [0.5, 0.6) is 0 Å². The lowest BCUT2D eigenvalue weighted by atomic mass is 9.90.